The molecule has 13 nitrogen and oxygen atoms in total. The summed E-state index contributed by atoms with van der Waals surface area (Å²) in [4.78, 5) is 18.5. The molecule has 53 heavy (non-hydrogen) atoms. The second-order valence-corrected chi connectivity index (χ2v) is 17.4. The lowest BCUT2D eigenvalue weighted by Gasteiger charge is -2.46. The van der Waals surface area contributed by atoms with Crippen LogP contribution in [0.2, 0.25) is 0 Å². The summed E-state index contributed by atoms with van der Waals surface area (Å²) in [5, 5.41) is 54.4. The van der Waals surface area contributed by atoms with Gasteiger partial charge in [-0.2, -0.15) is 0 Å². The largest absolute Gasteiger partial charge is 0.459 e. The highest BCUT2D eigenvalue weighted by Gasteiger charge is 2.51. The fraction of sp³-hybridized carbons (Fsp3) is 0.975. The third-order valence-electron chi connectivity index (χ3n) is 13.7. The maximum absolute atomic E-state index is 14.2. The van der Waals surface area contributed by atoms with Gasteiger partial charge in [-0.25, -0.2) is 0 Å². The molecule has 17 atom stereocenters. The molecule has 0 amide bonds. The van der Waals surface area contributed by atoms with Crippen molar-refractivity contribution in [1.82, 2.24) is 9.80 Å². The number of carbonyl (C=O) groups excluding carboxylic acids is 1. The SMILES string of the molecule is CC[C@H]([C@H]1C[C@H]2CCCN(C)[C@H](C)[C@@H](O)[C@](C)(O)[C@@H](CC)OC(=O)[C@H](C)[C@@H](O[C@H]3C[C@@](C)(OC)[C@@H](O)[C@H](N)O3)[C@H](C)[C@H]2C1)[C@@H](C[C@@H](C)O)N(C)CCO. The van der Waals surface area contributed by atoms with E-state index < -0.39 is 72.2 Å². The summed E-state index contributed by atoms with van der Waals surface area (Å²) < 4.78 is 24.7. The second-order valence-electron chi connectivity index (χ2n) is 17.4. The first-order valence-corrected chi connectivity index (χ1v) is 20.4. The molecule has 0 unspecified atom stereocenters. The lowest BCUT2D eigenvalue weighted by molar-refractivity contribution is -0.299. The van der Waals surface area contributed by atoms with E-state index in [1.54, 1.807) is 13.8 Å². The van der Waals surface area contributed by atoms with Crippen molar-refractivity contribution in [3.63, 3.8) is 0 Å². The zero-order valence-corrected chi connectivity index (χ0v) is 34.7. The van der Waals surface area contributed by atoms with Gasteiger partial charge in [0.05, 0.1) is 30.3 Å². The molecule has 312 valence electrons. The van der Waals surface area contributed by atoms with Gasteiger partial charge in [0.2, 0.25) is 0 Å². The van der Waals surface area contributed by atoms with Crippen LogP contribution in [-0.4, -0.2) is 149 Å². The minimum atomic E-state index is -1.71. The van der Waals surface area contributed by atoms with E-state index in [0.29, 0.717) is 31.2 Å². The van der Waals surface area contributed by atoms with Gasteiger partial charge in [-0.3, -0.25) is 4.79 Å². The minimum absolute atomic E-state index is 0.0458. The number of rotatable bonds is 12. The van der Waals surface area contributed by atoms with Crippen LogP contribution in [0.5, 0.6) is 0 Å². The van der Waals surface area contributed by atoms with Gasteiger partial charge >= 0.3 is 5.97 Å². The van der Waals surface area contributed by atoms with E-state index in [9.17, 15) is 30.3 Å². The molecule has 7 N–H and O–H groups in total. The third-order valence-corrected chi connectivity index (χ3v) is 13.7. The average Bonchev–Trinajstić information content (AvgIpc) is 3.53. The van der Waals surface area contributed by atoms with E-state index >= 15 is 0 Å². The molecule has 3 aliphatic rings. The van der Waals surface area contributed by atoms with Gasteiger partial charge in [-0.15, -0.1) is 0 Å². The fourth-order valence-electron chi connectivity index (χ4n) is 10.0. The highest BCUT2D eigenvalue weighted by atomic mass is 16.7. The first-order chi connectivity index (χ1) is 24.8. The highest BCUT2D eigenvalue weighted by Crippen LogP contribution is 2.50. The average molecular weight is 760 g/mol. The van der Waals surface area contributed by atoms with Crippen molar-refractivity contribution < 1.29 is 49.3 Å². The summed E-state index contributed by atoms with van der Waals surface area (Å²) in [6, 6.07) is -0.304. The molecule has 2 aliphatic heterocycles. The Kier molecular flexibility index (Phi) is 17.5. The molecule has 2 saturated heterocycles. The molecule has 3 fully saturated rings. The number of likely N-dealkylation sites (N-methyl/N-ethyl adjacent to an activating group) is 2. The van der Waals surface area contributed by atoms with Crippen LogP contribution in [0, 0.1) is 35.5 Å². The maximum atomic E-state index is 14.2. The number of aliphatic hydroxyl groups excluding tert-OH is 4. The molecule has 0 bridgehead atoms. The number of carbonyl (C=O) groups is 1. The Morgan fingerprint density at radius 2 is 1.79 bits per heavy atom. The normalized spacial score (nSPS) is 43.0. The van der Waals surface area contributed by atoms with Crippen molar-refractivity contribution >= 4 is 5.97 Å². The quantitative estimate of drug-likeness (QED) is 0.160. The summed E-state index contributed by atoms with van der Waals surface area (Å²) in [5.74, 6) is -0.353. The van der Waals surface area contributed by atoms with Gasteiger partial charge in [0.1, 0.15) is 30.1 Å². The Morgan fingerprint density at radius 3 is 2.36 bits per heavy atom. The molecule has 0 aromatic carbocycles. The van der Waals surface area contributed by atoms with E-state index in [1.165, 1.54) is 14.0 Å². The van der Waals surface area contributed by atoms with Crippen LogP contribution in [0.1, 0.15) is 107 Å². The van der Waals surface area contributed by atoms with Crippen LogP contribution in [0.25, 0.3) is 0 Å². The van der Waals surface area contributed by atoms with Gasteiger partial charge in [-0.05, 0) is 123 Å². The molecule has 0 radical (unpaired) electrons. The van der Waals surface area contributed by atoms with Crippen molar-refractivity contribution in [1.29, 1.82) is 0 Å². The van der Waals surface area contributed by atoms with Gasteiger partial charge < -0.3 is 60.0 Å². The first kappa shape index (κ1) is 46.4. The summed E-state index contributed by atoms with van der Waals surface area (Å²) in [6.07, 6.45) is -0.574. The first-order valence-electron chi connectivity index (χ1n) is 20.4. The fourth-order valence-corrected chi connectivity index (χ4v) is 10.0. The number of hydrogen-bond donors (Lipinski definition) is 6. The number of nitrogens with two attached hydrogens (primary N) is 1. The Balaban J connectivity index is 2.09. The number of ether oxygens (including phenoxy) is 4. The van der Waals surface area contributed by atoms with E-state index in [1.807, 2.05) is 34.9 Å². The number of nitrogens with zero attached hydrogens (tertiary/aromatic N) is 2. The smallest absolute Gasteiger partial charge is 0.311 e. The second kappa shape index (κ2) is 19.9. The summed E-state index contributed by atoms with van der Waals surface area (Å²) in [7, 11) is 5.51. The molecular formula is C40H77N3O10. The van der Waals surface area contributed by atoms with Crippen LogP contribution >= 0.6 is 0 Å². The molecule has 2 heterocycles. The Labute approximate surface area is 319 Å². The van der Waals surface area contributed by atoms with E-state index in [0.717, 1.165) is 38.6 Å². The molecule has 1 aliphatic carbocycles. The van der Waals surface area contributed by atoms with Crippen molar-refractivity contribution in [2.45, 2.75) is 173 Å². The molecule has 13 heteroatoms. The van der Waals surface area contributed by atoms with Gasteiger partial charge in [0.25, 0.3) is 0 Å². The number of esters is 1. The Morgan fingerprint density at radius 1 is 1.13 bits per heavy atom. The monoisotopic (exact) mass is 760 g/mol. The number of cyclic esters (lactones) is 1. The topological polar surface area (TPSA) is 188 Å². The lowest BCUT2D eigenvalue weighted by atomic mass is 9.76. The van der Waals surface area contributed by atoms with Crippen LogP contribution in [0.4, 0.5) is 0 Å². The van der Waals surface area contributed by atoms with Gasteiger partial charge in [-0.1, -0.05) is 27.2 Å². The van der Waals surface area contributed by atoms with Crippen molar-refractivity contribution in [2.24, 2.45) is 41.2 Å². The zero-order chi connectivity index (χ0) is 40.0. The third kappa shape index (κ3) is 10.9. The molecule has 0 aromatic rings. The minimum Gasteiger partial charge on any atom is -0.459 e. The Hall–Kier alpha value is -0.970. The molecule has 1 saturated carbocycles. The summed E-state index contributed by atoms with van der Waals surface area (Å²) in [5.41, 5.74) is 3.51. The number of fused-ring (bicyclic) bond motifs is 1. The maximum Gasteiger partial charge on any atom is 0.311 e. The summed E-state index contributed by atoms with van der Waals surface area (Å²) in [6.45, 7) is 16.3. The highest BCUT2D eigenvalue weighted by molar-refractivity contribution is 5.73. The van der Waals surface area contributed by atoms with Crippen LogP contribution in [0.3, 0.4) is 0 Å². The zero-order valence-electron chi connectivity index (χ0n) is 34.7. The molecular weight excluding hydrogens is 682 g/mol. The van der Waals surface area contributed by atoms with Crippen LogP contribution in [0.15, 0.2) is 0 Å². The Bertz CT molecular complexity index is 1120. The van der Waals surface area contributed by atoms with Gasteiger partial charge in [0, 0.05) is 32.2 Å². The predicted molar refractivity (Wildman–Crippen MR) is 204 cm³/mol. The van der Waals surface area contributed by atoms with Crippen molar-refractivity contribution in [3.8, 4) is 0 Å². The van der Waals surface area contributed by atoms with E-state index in [4.69, 9.17) is 24.7 Å². The van der Waals surface area contributed by atoms with E-state index in [2.05, 4.69) is 23.6 Å². The number of hydrogen-bond acceptors (Lipinski definition) is 13. The standard InChI is InChI=1S/C40H77N3O10/c1-12-29(31(19-23(3)45)43(10)17-18-44)28-20-27-15-14-16-42(9)26(6)35(46)40(8,49)32(13-2)51-38(48)25(5)34(24(4)30(27)21-28)52-33-22-39(7,50-11)36(47)37(41)53-33/h23-37,44-47,49H,12-22,41H2,1-11H3/t23-,24-,25-,26-,27-,28+,29-,30-,31-,32-,33-,34+,35-,36+,37-,39-,40-/m1/s1. The van der Waals surface area contributed by atoms with Gasteiger partial charge in [0.15, 0.2) is 6.29 Å². The molecule has 0 spiro atoms. The van der Waals surface area contributed by atoms with Crippen LogP contribution in [-0.2, 0) is 23.7 Å². The van der Waals surface area contributed by atoms with E-state index in [-0.39, 0.29) is 36.8 Å². The van der Waals surface area contributed by atoms with Crippen LogP contribution < -0.4 is 5.73 Å². The lowest BCUT2D eigenvalue weighted by Crippen LogP contribution is -2.61. The van der Waals surface area contributed by atoms with Crippen molar-refractivity contribution in [2.75, 3.05) is 40.9 Å². The van der Waals surface area contributed by atoms with Crippen molar-refractivity contribution in [3.05, 3.63) is 0 Å². The molecule has 3 rings (SSSR count). The predicted octanol–water partition coefficient (Wildman–Crippen LogP) is 2.72. The summed E-state index contributed by atoms with van der Waals surface area (Å²) >= 11 is 0. The molecule has 0 aromatic heterocycles. The number of aliphatic hydroxyl groups is 5. The number of methoxy groups -OCH3 is 1.